The van der Waals surface area contributed by atoms with Crippen molar-refractivity contribution in [1.82, 2.24) is 19.7 Å². The Morgan fingerprint density at radius 3 is 2.63 bits per heavy atom. The van der Waals surface area contributed by atoms with Crippen LogP contribution < -0.4 is 15.6 Å². The van der Waals surface area contributed by atoms with E-state index in [1.54, 1.807) is 25.3 Å². The van der Waals surface area contributed by atoms with Gasteiger partial charge in [0, 0.05) is 59.8 Å². The Balaban J connectivity index is 1.32. The van der Waals surface area contributed by atoms with E-state index in [9.17, 15) is 14.4 Å². The highest BCUT2D eigenvalue weighted by molar-refractivity contribution is 6.41. The van der Waals surface area contributed by atoms with Crippen LogP contribution in [0.25, 0.3) is 22.4 Å². The SMILES string of the molecule is CCOC(=O)C1CN(C2CCc3cc(-c4ccc(Cl)c(-c5cccc(NC(=O)c6ccnn(C)c6=O)c5C)c4Cl)nc(OC)c32)C1. The number of hydrogen-bond acceptors (Lipinski definition) is 8. The number of methoxy groups -OCH3 is 1. The normalized spacial score (nSPS) is 16.1. The largest absolute Gasteiger partial charge is 0.481 e. The summed E-state index contributed by atoms with van der Waals surface area (Å²) in [7, 11) is 3.10. The highest BCUT2D eigenvalue weighted by atomic mass is 35.5. The van der Waals surface area contributed by atoms with E-state index in [0.717, 1.165) is 39.8 Å². The van der Waals surface area contributed by atoms with Crippen molar-refractivity contribution in [2.45, 2.75) is 32.7 Å². The second kappa shape index (κ2) is 12.9. The molecule has 6 rings (SSSR count). The summed E-state index contributed by atoms with van der Waals surface area (Å²) in [5.74, 6) is -0.262. The lowest BCUT2D eigenvalue weighted by Gasteiger charge is -2.42. The number of carbonyl (C=O) groups excluding carboxylic acids is 2. The van der Waals surface area contributed by atoms with E-state index in [1.807, 2.05) is 26.0 Å². The molecule has 2 aromatic carbocycles. The number of amides is 1. The van der Waals surface area contributed by atoms with Gasteiger partial charge in [0.2, 0.25) is 5.88 Å². The summed E-state index contributed by atoms with van der Waals surface area (Å²) >= 11 is 13.9. The topological polar surface area (TPSA) is 116 Å². The number of carbonyl (C=O) groups is 2. The molecule has 2 aromatic heterocycles. The summed E-state index contributed by atoms with van der Waals surface area (Å²) in [5.41, 5.74) is 5.55. The number of aromatic nitrogens is 3. The fraction of sp³-hybridized carbons (Fsp3) is 0.324. The molecule has 1 saturated heterocycles. The molecule has 1 aliphatic carbocycles. The summed E-state index contributed by atoms with van der Waals surface area (Å²) in [6, 6.07) is 12.6. The van der Waals surface area contributed by atoms with Crippen LogP contribution >= 0.6 is 23.2 Å². The van der Waals surface area contributed by atoms with Gasteiger partial charge in [-0.3, -0.25) is 19.3 Å². The molecule has 0 spiro atoms. The van der Waals surface area contributed by atoms with Crippen molar-refractivity contribution >= 4 is 40.8 Å². The van der Waals surface area contributed by atoms with Gasteiger partial charge in [-0.15, -0.1) is 0 Å². The van der Waals surface area contributed by atoms with Gasteiger partial charge >= 0.3 is 5.97 Å². The van der Waals surface area contributed by atoms with Crippen LogP contribution in [0.4, 0.5) is 5.69 Å². The van der Waals surface area contributed by atoms with Crippen molar-refractivity contribution < 1.29 is 19.1 Å². The molecule has 0 radical (unpaired) electrons. The van der Waals surface area contributed by atoms with Crippen LogP contribution in [0.2, 0.25) is 10.0 Å². The van der Waals surface area contributed by atoms with Crippen molar-refractivity contribution in [3.05, 3.63) is 91.3 Å². The smallest absolute Gasteiger partial charge is 0.311 e. The first kappa shape index (κ1) is 31.7. The molecule has 0 bridgehead atoms. The predicted octanol–water partition coefficient (Wildman–Crippen LogP) is 5.87. The van der Waals surface area contributed by atoms with Crippen LogP contribution in [-0.4, -0.2) is 58.3 Å². The molecular formula is C34H33Cl2N5O5. The number of aryl methyl sites for hydroxylation is 2. The van der Waals surface area contributed by atoms with E-state index in [2.05, 4.69) is 21.4 Å². The van der Waals surface area contributed by atoms with Crippen LogP contribution in [0.15, 0.2) is 53.5 Å². The van der Waals surface area contributed by atoms with Crippen LogP contribution in [0, 0.1) is 12.8 Å². The zero-order chi connectivity index (χ0) is 32.7. The van der Waals surface area contributed by atoms with Gasteiger partial charge in [-0.2, -0.15) is 5.10 Å². The minimum absolute atomic E-state index is 0.0211. The first-order valence-electron chi connectivity index (χ1n) is 15.0. The molecule has 1 amide bonds. The maximum Gasteiger partial charge on any atom is 0.311 e. The number of nitrogens with zero attached hydrogens (tertiary/aromatic N) is 4. The molecule has 10 nitrogen and oxygen atoms in total. The Morgan fingerprint density at radius 1 is 1.11 bits per heavy atom. The first-order valence-corrected chi connectivity index (χ1v) is 15.8. The predicted molar refractivity (Wildman–Crippen MR) is 177 cm³/mol. The highest BCUT2D eigenvalue weighted by Crippen LogP contribution is 2.47. The second-order valence-corrected chi connectivity index (χ2v) is 12.2. The second-order valence-electron chi connectivity index (χ2n) is 11.4. The van der Waals surface area contributed by atoms with Crippen molar-refractivity contribution in [3.63, 3.8) is 0 Å². The molecule has 1 unspecified atom stereocenters. The number of ether oxygens (including phenoxy) is 2. The zero-order valence-electron chi connectivity index (χ0n) is 25.9. The average Bonchev–Trinajstić information content (AvgIpc) is 3.43. The van der Waals surface area contributed by atoms with Crippen LogP contribution in [0.5, 0.6) is 5.88 Å². The van der Waals surface area contributed by atoms with Crippen molar-refractivity contribution in [2.75, 3.05) is 32.1 Å². The number of hydrogen-bond donors (Lipinski definition) is 1. The van der Waals surface area contributed by atoms with Gasteiger partial charge in [0.15, 0.2) is 0 Å². The molecule has 0 saturated carbocycles. The quantitative estimate of drug-likeness (QED) is 0.233. The van der Waals surface area contributed by atoms with Gasteiger partial charge in [0.05, 0.1) is 30.4 Å². The Bertz CT molecular complexity index is 1920. The Hall–Kier alpha value is -4.25. The number of nitrogens with one attached hydrogen (secondary N) is 1. The van der Waals surface area contributed by atoms with Crippen molar-refractivity contribution in [1.29, 1.82) is 0 Å². The molecule has 4 aromatic rings. The van der Waals surface area contributed by atoms with Gasteiger partial charge in [-0.25, -0.2) is 9.67 Å². The van der Waals surface area contributed by atoms with Crippen molar-refractivity contribution in [2.24, 2.45) is 13.0 Å². The fourth-order valence-electron chi connectivity index (χ4n) is 6.32. The number of halogens is 2. The number of esters is 1. The molecule has 3 heterocycles. The summed E-state index contributed by atoms with van der Waals surface area (Å²) in [5, 5.41) is 7.57. The number of anilines is 1. The summed E-state index contributed by atoms with van der Waals surface area (Å²) in [6.07, 6.45) is 3.14. The molecule has 1 fully saturated rings. The average molecular weight is 663 g/mol. The number of benzene rings is 2. The molecule has 1 atom stereocenters. The number of fused-ring (bicyclic) bond motifs is 1. The van der Waals surface area contributed by atoms with E-state index in [-0.39, 0.29) is 23.5 Å². The minimum Gasteiger partial charge on any atom is -0.481 e. The minimum atomic E-state index is -0.545. The molecule has 46 heavy (non-hydrogen) atoms. The fourth-order valence-corrected chi connectivity index (χ4v) is 7.00. The molecule has 1 N–H and O–H groups in total. The summed E-state index contributed by atoms with van der Waals surface area (Å²) < 4.78 is 12.1. The van der Waals surface area contributed by atoms with E-state index in [0.29, 0.717) is 58.1 Å². The summed E-state index contributed by atoms with van der Waals surface area (Å²) in [6.45, 7) is 5.36. The van der Waals surface area contributed by atoms with Gasteiger partial charge in [-0.1, -0.05) is 35.3 Å². The van der Waals surface area contributed by atoms with Crippen LogP contribution in [0.3, 0.4) is 0 Å². The lowest BCUT2D eigenvalue weighted by Crippen LogP contribution is -2.51. The molecule has 2 aliphatic rings. The van der Waals surface area contributed by atoms with Gasteiger partial charge in [0.25, 0.3) is 11.5 Å². The monoisotopic (exact) mass is 661 g/mol. The Kier molecular flexibility index (Phi) is 8.87. The van der Waals surface area contributed by atoms with Gasteiger partial charge in [0.1, 0.15) is 5.56 Å². The molecule has 1 aliphatic heterocycles. The van der Waals surface area contributed by atoms with E-state index < -0.39 is 11.5 Å². The third-order valence-electron chi connectivity index (χ3n) is 8.76. The molecule has 238 valence electrons. The Morgan fingerprint density at radius 2 is 1.89 bits per heavy atom. The maximum absolute atomic E-state index is 13.0. The molecular weight excluding hydrogens is 629 g/mol. The number of likely N-dealkylation sites (tertiary alicyclic amines) is 1. The van der Waals surface area contributed by atoms with Crippen molar-refractivity contribution in [3.8, 4) is 28.3 Å². The van der Waals surface area contributed by atoms with E-state index >= 15 is 0 Å². The van der Waals surface area contributed by atoms with Crippen LogP contribution in [0.1, 0.15) is 46.4 Å². The lowest BCUT2D eigenvalue weighted by atomic mass is 9.94. The standard InChI is InChI=1S/C34H33Cl2N5O5/c1-5-46-34(44)20-16-41(17-20)27-12-9-19-15-26(39-32(45-4)28(19)27)22-10-11-24(35)29(30(22)36)21-7-6-8-25(18(21)2)38-31(42)23-13-14-37-40(3)33(23)43/h6-8,10-11,13-15,20,27H,5,9,12,16-17H2,1-4H3,(H,38,42). The number of rotatable bonds is 8. The maximum atomic E-state index is 13.0. The van der Waals surface area contributed by atoms with E-state index in [4.69, 9.17) is 37.7 Å². The third-order valence-corrected chi connectivity index (χ3v) is 9.47. The third kappa shape index (κ3) is 5.65. The Labute approximate surface area is 276 Å². The zero-order valence-corrected chi connectivity index (χ0v) is 27.4. The van der Waals surface area contributed by atoms with Gasteiger partial charge in [-0.05, 0) is 73.7 Å². The molecule has 12 heteroatoms. The van der Waals surface area contributed by atoms with Gasteiger partial charge < -0.3 is 14.8 Å². The first-order chi connectivity index (χ1) is 22.1. The van der Waals surface area contributed by atoms with E-state index in [1.165, 1.54) is 19.3 Å². The number of pyridine rings is 1. The highest BCUT2D eigenvalue weighted by Gasteiger charge is 2.42. The lowest BCUT2D eigenvalue weighted by molar-refractivity contribution is -0.155. The summed E-state index contributed by atoms with van der Waals surface area (Å²) in [4.78, 5) is 44.8. The van der Waals surface area contributed by atoms with Crippen LogP contribution in [-0.2, 0) is 23.0 Å².